The van der Waals surface area contributed by atoms with Gasteiger partial charge in [0.1, 0.15) is 0 Å². The van der Waals surface area contributed by atoms with Crippen LogP contribution in [0, 0.1) is 5.92 Å². The maximum Gasteiger partial charge on any atom is 0.0556 e. The fourth-order valence-electron chi connectivity index (χ4n) is 3.21. The van der Waals surface area contributed by atoms with E-state index < -0.39 is 0 Å². The van der Waals surface area contributed by atoms with Gasteiger partial charge in [0.25, 0.3) is 0 Å². The lowest BCUT2D eigenvalue weighted by molar-refractivity contribution is 0.161. The van der Waals surface area contributed by atoms with Crippen LogP contribution in [0.25, 0.3) is 0 Å². The zero-order chi connectivity index (χ0) is 11.2. The molecule has 0 spiro atoms. The second-order valence-corrected chi connectivity index (χ2v) is 5.43. The van der Waals surface area contributed by atoms with Crippen molar-refractivity contribution in [3.05, 3.63) is 0 Å². The number of nitrogens with one attached hydrogen (secondary N) is 1. The van der Waals surface area contributed by atoms with Gasteiger partial charge in [0, 0.05) is 25.7 Å². The van der Waals surface area contributed by atoms with Gasteiger partial charge in [-0.15, -0.1) is 0 Å². The Morgan fingerprint density at radius 2 is 1.94 bits per heavy atom. The molecule has 1 saturated heterocycles. The molecule has 0 radical (unpaired) electrons. The summed E-state index contributed by atoms with van der Waals surface area (Å²) in [4.78, 5) is 2.63. The molecule has 16 heavy (non-hydrogen) atoms. The molecule has 0 amide bonds. The van der Waals surface area contributed by atoms with Gasteiger partial charge < -0.3 is 15.3 Å². The van der Waals surface area contributed by atoms with Gasteiger partial charge >= 0.3 is 0 Å². The molecule has 1 unspecified atom stereocenters. The van der Waals surface area contributed by atoms with Crippen LogP contribution in [0.4, 0.5) is 0 Å². The summed E-state index contributed by atoms with van der Waals surface area (Å²) in [5, 5.41) is 12.3. The summed E-state index contributed by atoms with van der Waals surface area (Å²) in [5.74, 6) is 0.969. The maximum atomic E-state index is 8.82. The molecule has 94 valence electrons. The van der Waals surface area contributed by atoms with Gasteiger partial charge in [-0.3, -0.25) is 0 Å². The minimum Gasteiger partial charge on any atom is -0.395 e. The van der Waals surface area contributed by atoms with Crippen LogP contribution in [0.15, 0.2) is 0 Å². The Morgan fingerprint density at radius 3 is 2.69 bits per heavy atom. The Hall–Kier alpha value is -0.120. The third-order valence-electron chi connectivity index (χ3n) is 4.04. The first kappa shape index (κ1) is 12.3. The van der Waals surface area contributed by atoms with E-state index in [1.54, 1.807) is 0 Å². The van der Waals surface area contributed by atoms with Gasteiger partial charge in [0.15, 0.2) is 0 Å². The van der Waals surface area contributed by atoms with Crippen LogP contribution >= 0.6 is 0 Å². The van der Waals surface area contributed by atoms with Crippen LogP contribution in [0.3, 0.4) is 0 Å². The van der Waals surface area contributed by atoms with Crippen LogP contribution in [-0.4, -0.2) is 48.8 Å². The molecule has 0 aromatic carbocycles. The summed E-state index contributed by atoms with van der Waals surface area (Å²) in [5.41, 5.74) is 0. The van der Waals surface area contributed by atoms with E-state index in [9.17, 15) is 0 Å². The van der Waals surface area contributed by atoms with Crippen LogP contribution in [0.2, 0.25) is 0 Å². The molecule has 2 rings (SSSR count). The lowest BCUT2D eigenvalue weighted by Gasteiger charge is -2.34. The third-order valence-corrected chi connectivity index (χ3v) is 4.04. The molecule has 1 aliphatic carbocycles. The first-order chi connectivity index (χ1) is 7.88. The van der Waals surface area contributed by atoms with E-state index in [2.05, 4.69) is 10.2 Å². The molecular weight excluding hydrogens is 200 g/mol. The van der Waals surface area contributed by atoms with Crippen molar-refractivity contribution in [1.82, 2.24) is 10.2 Å². The Bertz CT molecular complexity index is 192. The lowest BCUT2D eigenvalue weighted by atomic mass is 10.0. The molecule has 0 aromatic heterocycles. The van der Waals surface area contributed by atoms with Crippen LogP contribution in [-0.2, 0) is 0 Å². The summed E-state index contributed by atoms with van der Waals surface area (Å²) in [6.45, 7) is 4.81. The third kappa shape index (κ3) is 3.72. The van der Waals surface area contributed by atoms with Crippen molar-refractivity contribution >= 4 is 0 Å². The average molecular weight is 226 g/mol. The van der Waals surface area contributed by atoms with Crippen LogP contribution < -0.4 is 5.32 Å². The smallest absolute Gasteiger partial charge is 0.0556 e. The molecule has 2 aliphatic rings. The minimum absolute atomic E-state index is 0.263. The topological polar surface area (TPSA) is 35.5 Å². The Kier molecular flexibility index (Phi) is 5.07. The Labute approximate surface area is 99.2 Å². The van der Waals surface area contributed by atoms with Crippen molar-refractivity contribution in [3.63, 3.8) is 0 Å². The number of nitrogens with zero attached hydrogens (tertiary/aromatic N) is 1. The van der Waals surface area contributed by atoms with Gasteiger partial charge in [-0.1, -0.05) is 12.8 Å². The molecule has 1 heterocycles. The molecule has 1 saturated carbocycles. The van der Waals surface area contributed by atoms with Gasteiger partial charge in [-0.2, -0.15) is 0 Å². The molecule has 3 heteroatoms. The zero-order valence-electron chi connectivity index (χ0n) is 10.3. The number of aliphatic hydroxyl groups is 1. The largest absolute Gasteiger partial charge is 0.395 e. The number of aliphatic hydroxyl groups excluding tert-OH is 1. The molecule has 1 aliphatic heterocycles. The highest BCUT2D eigenvalue weighted by Crippen LogP contribution is 2.26. The predicted octanol–water partition coefficient (Wildman–Crippen LogP) is 1.22. The monoisotopic (exact) mass is 226 g/mol. The summed E-state index contributed by atoms with van der Waals surface area (Å²) in [6, 6.07) is 0.613. The number of hydrogen-bond acceptors (Lipinski definition) is 3. The first-order valence-electron chi connectivity index (χ1n) is 6.95. The minimum atomic E-state index is 0.263. The highest BCUT2D eigenvalue weighted by atomic mass is 16.3. The van der Waals surface area contributed by atoms with E-state index >= 15 is 0 Å². The SMILES string of the molecule is OCCNC1CCCN(CC2CCCC2)C1. The fourth-order valence-corrected chi connectivity index (χ4v) is 3.21. The second kappa shape index (κ2) is 6.58. The van der Waals surface area contributed by atoms with Crippen molar-refractivity contribution in [1.29, 1.82) is 0 Å². The number of piperidine rings is 1. The molecule has 0 bridgehead atoms. The van der Waals surface area contributed by atoms with Crippen LogP contribution in [0.1, 0.15) is 38.5 Å². The van der Waals surface area contributed by atoms with Crippen molar-refractivity contribution in [2.24, 2.45) is 5.92 Å². The fraction of sp³-hybridized carbons (Fsp3) is 1.00. The number of likely N-dealkylation sites (tertiary alicyclic amines) is 1. The first-order valence-corrected chi connectivity index (χ1v) is 6.95. The van der Waals surface area contributed by atoms with Gasteiger partial charge in [-0.25, -0.2) is 0 Å². The molecule has 3 nitrogen and oxygen atoms in total. The number of hydrogen-bond donors (Lipinski definition) is 2. The van der Waals surface area contributed by atoms with Gasteiger partial charge in [-0.05, 0) is 38.1 Å². The lowest BCUT2D eigenvalue weighted by Crippen LogP contribution is -2.47. The van der Waals surface area contributed by atoms with Gasteiger partial charge in [0.2, 0.25) is 0 Å². The zero-order valence-corrected chi connectivity index (χ0v) is 10.3. The van der Waals surface area contributed by atoms with E-state index in [4.69, 9.17) is 5.11 Å². The van der Waals surface area contributed by atoms with E-state index in [0.29, 0.717) is 6.04 Å². The van der Waals surface area contributed by atoms with Gasteiger partial charge in [0.05, 0.1) is 6.61 Å². The molecular formula is C13H26N2O. The molecule has 1 atom stereocenters. The van der Waals surface area contributed by atoms with Crippen molar-refractivity contribution in [3.8, 4) is 0 Å². The standard InChI is InChI=1S/C13H26N2O/c16-9-7-14-13-6-3-8-15(11-13)10-12-4-1-2-5-12/h12-14,16H,1-11H2. The normalized spacial score (nSPS) is 28.7. The summed E-state index contributed by atoms with van der Waals surface area (Å²) < 4.78 is 0. The van der Waals surface area contributed by atoms with Crippen molar-refractivity contribution < 1.29 is 5.11 Å². The highest BCUT2D eigenvalue weighted by Gasteiger charge is 2.23. The van der Waals surface area contributed by atoms with Crippen LogP contribution in [0.5, 0.6) is 0 Å². The van der Waals surface area contributed by atoms with E-state index in [1.807, 2.05) is 0 Å². The van der Waals surface area contributed by atoms with E-state index in [1.165, 1.54) is 58.2 Å². The molecule has 0 aromatic rings. The molecule has 2 fully saturated rings. The van der Waals surface area contributed by atoms with E-state index in [0.717, 1.165) is 12.5 Å². The van der Waals surface area contributed by atoms with Crippen molar-refractivity contribution in [2.75, 3.05) is 32.8 Å². The predicted molar refractivity (Wildman–Crippen MR) is 66.5 cm³/mol. The quantitative estimate of drug-likeness (QED) is 0.740. The maximum absolute atomic E-state index is 8.82. The summed E-state index contributed by atoms with van der Waals surface area (Å²) in [7, 11) is 0. The summed E-state index contributed by atoms with van der Waals surface area (Å²) in [6.07, 6.45) is 8.39. The van der Waals surface area contributed by atoms with Crippen molar-refractivity contribution in [2.45, 2.75) is 44.6 Å². The average Bonchev–Trinajstić information content (AvgIpc) is 2.80. The van der Waals surface area contributed by atoms with E-state index in [-0.39, 0.29) is 6.61 Å². The molecule has 2 N–H and O–H groups in total. The number of rotatable bonds is 5. The Balaban J connectivity index is 1.68. The Morgan fingerprint density at radius 1 is 1.12 bits per heavy atom. The highest BCUT2D eigenvalue weighted by molar-refractivity contribution is 4.80. The second-order valence-electron chi connectivity index (χ2n) is 5.43. The summed E-state index contributed by atoms with van der Waals surface area (Å²) >= 11 is 0.